The number of Topliss-reactive ketones (excluding diaryl/α,β-unsaturated/α-hetero) is 1. The van der Waals surface area contributed by atoms with Gasteiger partial charge in [-0.05, 0) is 27.7 Å². The summed E-state index contributed by atoms with van der Waals surface area (Å²) in [5.74, 6) is 0.0888. The van der Waals surface area contributed by atoms with Crippen LogP contribution in [0.1, 0.15) is 27.7 Å². The summed E-state index contributed by atoms with van der Waals surface area (Å²) in [6.07, 6.45) is -0.403. The summed E-state index contributed by atoms with van der Waals surface area (Å²) in [5, 5.41) is 0. The Morgan fingerprint density at radius 3 is 2.38 bits per heavy atom. The number of hydrogen-bond acceptors (Lipinski definition) is 3. The van der Waals surface area contributed by atoms with Crippen molar-refractivity contribution in [3.63, 3.8) is 0 Å². The van der Waals surface area contributed by atoms with E-state index in [4.69, 9.17) is 4.74 Å². The Morgan fingerprint density at radius 1 is 1.54 bits per heavy atom. The van der Waals surface area contributed by atoms with Crippen LogP contribution in [0.15, 0.2) is 0 Å². The van der Waals surface area contributed by atoms with E-state index in [-0.39, 0.29) is 18.4 Å². The zero-order valence-electron chi connectivity index (χ0n) is 8.46. The van der Waals surface area contributed by atoms with Gasteiger partial charge < -0.3 is 4.74 Å². The number of hydrogen-bond donors (Lipinski definition) is 0. The number of ether oxygens (including phenoxy) is 1. The fourth-order valence-corrected chi connectivity index (χ4v) is 1.04. The maximum Gasteiger partial charge on any atom is 0.411 e. The Hall–Kier alpha value is -1.06. The summed E-state index contributed by atoms with van der Waals surface area (Å²) in [5.41, 5.74) is -0.491. The Bertz CT molecular complexity index is 242. The van der Waals surface area contributed by atoms with Crippen molar-refractivity contribution in [2.45, 2.75) is 39.3 Å². The summed E-state index contributed by atoms with van der Waals surface area (Å²) < 4.78 is 5.10. The van der Waals surface area contributed by atoms with Crippen LogP contribution < -0.4 is 0 Å². The van der Waals surface area contributed by atoms with Crippen molar-refractivity contribution in [2.24, 2.45) is 0 Å². The molecular formula is C9H15NO3. The van der Waals surface area contributed by atoms with Gasteiger partial charge in [0.1, 0.15) is 5.60 Å². The fourth-order valence-electron chi connectivity index (χ4n) is 1.04. The van der Waals surface area contributed by atoms with Gasteiger partial charge in [0.05, 0.1) is 12.6 Å². The lowest BCUT2D eigenvalue weighted by atomic mass is 10.1. The maximum atomic E-state index is 11.3. The summed E-state index contributed by atoms with van der Waals surface area (Å²) in [7, 11) is 0. The minimum absolute atomic E-state index is 0.0888. The molecule has 0 bridgehead atoms. The molecule has 1 saturated heterocycles. The van der Waals surface area contributed by atoms with Gasteiger partial charge in [-0.25, -0.2) is 4.79 Å². The Morgan fingerprint density at radius 2 is 2.08 bits per heavy atom. The molecule has 74 valence electrons. The van der Waals surface area contributed by atoms with Crippen LogP contribution in [0.3, 0.4) is 0 Å². The number of carbonyl (C=O) groups excluding carboxylic acids is 2. The van der Waals surface area contributed by atoms with Gasteiger partial charge in [0.15, 0.2) is 5.78 Å². The first kappa shape index (κ1) is 10.0. The van der Waals surface area contributed by atoms with Crippen molar-refractivity contribution in [1.82, 2.24) is 4.90 Å². The highest BCUT2D eigenvalue weighted by Gasteiger charge is 2.39. The third-order valence-electron chi connectivity index (χ3n) is 1.89. The monoisotopic (exact) mass is 185 g/mol. The Labute approximate surface area is 77.8 Å². The lowest BCUT2D eigenvalue weighted by Crippen LogP contribution is -2.58. The van der Waals surface area contributed by atoms with Crippen LogP contribution in [-0.2, 0) is 9.53 Å². The molecule has 0 aliphatic carbocycles. The van der Waals surface area contributed by atoms with E-state index in [1.807, 2.05) is 0 Å². The summed E-state index contributed by atoms with van der Waals surface area (Å²) >= 11 is 0. The Kier molecular flexibility index (Phi) is 2.32. The molecule has 1 heterocycles. The second kappa shape index (κ2) is 3.01. The first-order chi connectivity index (χ1) is 5.81. The van der Waals surface area contributed by atoms with Crippen molar-refractivity contribution in [2.75, 3.05) is 6.54 Å². The summed E-state index contributed by atoms with van der Waals surface area (Å²) in [6.45, 7) is 7.30. The van der Waals surface area contributed by atoms with Crippen LogP contribution in [-0.4, -0.2) is 35.0 Å². The summed E-state index contributed by atoms with van der Waals surface area (Å²) in [6, 6.07) is -0.310. The molecule has 0 spiro atoms. The normalized spacial score (nSPS) is 22.6. The molecule has 0 radical (unpaired) electrons. The van der Waals surface area contributed by atoms with Gasteiger partial charge in [-0.2, -0.15) is 0 Å². The number of likely N-dealkylation sites (tertiary alicyclic amines) is 1. The quantitative estimate of drug-likeness (QED) is 0.569. The predicted octanol–water partition coefficient (Wildman–Crippen LogP) is 1.19. The molecule has 0 aromatic rings. The molecule has 4 nitrogen and oxygen atoms in total. The minimum Gasteiger partial charge on any atom is -0.444 e. The van der Waals surface area contributed by atoms with Gasteiger partial charge in [0.25, 0.3) is 0 Å². The molecule has 0 aromatic heterocycles. The lowest BCUT2D eigenvalue weighted by Gasteiger charge is -2.37. The second-order valence-corrected chi connectivity index (χ2v) is 4.25. The van der Waals surface area contributed by atoms with Crippen LogP contribution in [0.5, 0.6) is 0 Å². The van der Waals surface area contributed by atoms with Gasteiger partial charge >= 0.3 is 6.09 Å². The maximum absolute atomic E-state index is 11.3. The number of rotatable bonds is 0. The molecule has 1 atom stereocenters. The molecule has 1 fully saturated rings. The lowest BCUT2D eigenvalue weighted by molar-refractivity contribution is -0.134. The number of amides is 1. The molecule has 0 saturated carbocycles. The van der Waals surface area contributed by atoms with E-state index >= 15 is 0 Å². The van der Waals surface area contributed by atoms with E-state index in [9.17, 15) is 9.59 Å². The van der Waals surface area contributed by atoms with Crippen LogP contribution in [0.25, 0.3) is 0 Å². The van der Waals surface area contributed by atoms with Gasteiger partial charge in [0, 0.05) is 0 Å². The van der Waals surface area contributed by atoms with Crippen LogP contribution in [0, 0.1) is 0 Å². The van der Waals surface area contributed by atoms with Gasteiger partial charge in [-0.3, -0.25) is 9.69 Å². The molecule has 4 heteroatoms. The molecule has 13 heavy (non-hydrogen) atoms. The highest BCUT2D eigenvalue weighted by Crippen LogP contribution is 2.17. The van der Waals surface area contributed by atoms with Crippen molar-refractivity contribution >= 4 is 11.9 Å². The number of nitrogens with zero attached hydrogens (tertiary/aromatic N) is 1. The van der Waals surface area contributed by atoms with Crippen molar-refractivity contribution in [3.8, 4) is 0 Å². The molecule has 0 unspecified atom stereocenters. The van der Waals surface area contributed by atoms with Crippen LogP contribution in [0.2, 0.25) is 0 Å². The molecule has 1 amide bonds. The average molecular weight is 185 g/mol. The Balaban J connectivity index is 2.47. The molecule has 0 N–H and O–H groups in total. The minimum atomic E-state index is -0.491. The van der Waals surface area contributed by atoms with E-state index in [0.717, 1.165) is 0 Å². The standard InChI is InChI=1S/C9H15NO3/c1-6-7(11)5-10(6)8(12)13-9(2,3)4/h6H,5H2,1-4H3/t6-/m1/s1. The molecule has 1 aliphatic heterocycles. The first-order valence-corrected chi connectivity index (χ1v) is 4.33. The van der Waals surface area contributed by atoms with E-state index in [1.54, 1.807) is 27.7 Å². The molecule has 0 aromatic carbocycles. The number of carbonyl (C=O) groups is 2. The zero-order valence-corrected chi connectivity index (χ0v) is 8.46. The molecular weight excluding hydrogens is 170 g/mol. The van der Waals surface area contributed by atoms with E-state index in [1.165, 1.54) is 4.90 Å². The third-order valence-corrected chi connectivity index (χ3v) is 1.89. The highest BCUT2D eigenvalue weighted by atomic mass is 16.6. The van der Waals surface area contributed by atoms with Crippen LogP contribution >= 0.6 is 0 Å². The van der Waals surface area contributed by atoms with Gasteiger partial charge in [-0.15, -0.1) is 0 Å². The fraction of sp³-hybridized carbons (Fsp3) is 0.778. The number of ketones is 1. The van der Waals surface area contributed by atoms with Crippen molar-refractivity contribution in [3.05, 3.63) is 0 Å². The van der Waals surface area contributed by atoms with Gasteiger partial charge in [0.2, 0.25) is 0 Å². The first-order valence-electron chi connectivity index (χ1n) is 4.33. The van der Waals surface area contributed by atoms with E-state index in [0.29, 0.717) is 0 Å². The molecule has 1 aliphatic rings. The molecule has 1 rings (SSSR count). The average Bonchev–Trinajstić information content (AvgIpc) is 1.95. The second-order valence-electron chi connectivity index (χ2n) is 4.25. The SMILES string of the molecule is C[C@@H]1C(=O)CN1C(=O)OC(C)(C)C. The topological polar surface area (TPSA) is 46.6 Å². The van der Waals surface area contributed by atoms with Gasteiger partial charge in [-0.1, -0.05) is 0 Å². The highest BCUT2D eigenvalue weighted by molar-refractivity contribution is 5.97. The van der Waals surface area contributed by atoms with Crippen molar-refractivity contribution < 1.29 is 14.3 Å². The smallest absolute Gasteiger partial charge is 0.411 e. The largest absolute Gasteiger partial charge is 0.444 e. The van der Waals surface area contributed by atoms with Crippen LogP contribution in [0.4, 0.5) is 4.79 Å². The summed E-state index contributed by atoms with van der Waals surface area (Å²) in [4.78, 5) is 23.6. The predicted molar refractivity (Wildman–Crippen MR) is 47.4 cm³/mol. The third kappa shape index (κ3) is 2.20. The van der Waals surface area contributed by atoms with E-state index < -0.39 is 11.7 Å². The van der Waals surface area contributed by atoms with E-state index in [2.05, 4.69) is 0 Å². The zero-order chi connectivity index (χ0) is 10.2. The van der Waals surface area contributed by atoms with Crippen molar-refractivity contribution in [1.29, 1.82) is 0 Å².